The van der Waals surface area contributed by atoms with Crippen LogP contribution in [-0.2, 0) is 0 Å². The van der Waals surface area contributed by atoms with Gasteiger partial charge in [0.25, 0.3) is 0 Å². The average molecular weight is 154 g/mol. The van der Waals surface area contributed by atoms with E-state index in [-0.39, 0.29) is 20.3 Å². The van der Waals surface area contributed by atoms with Crippen LogP contribution in [0.2, 0.25) is 0 Å². The summed E-state index contributed by atoms with van der Waals surface area (Å²) >= 11 is 0. The van der Waals surface area contributed by atoms with Gasteiger partial charge in [0.15, 0.2) is 0 Å². The third-order valence-corrected chi connectivity index (χ3v) is 2.25. The molecule has 0 rings (SSSR count). The van der Waals surface area contributed by atoms with E-state index in [1.165, 1.54) is 0 Å². The van der Waals surface area contributed by atoms with Crippen molar-refractivity contribution in [2.24, 2.45) is 0 Å². The van der Waals surface area contributed by atoms with Crippen molar-refractivity contribution < 1.29 is 20.3 Å². The Kier molecular flexibility index (Phi) is 5.65. The summed E-state index contributed by atoms with van der Waals surface area (Å²) in [4.78, 5) is 0. The Morgan fingerprint density at radius 3 is 1.00 bits per heavy atom. The molecule has 0 amide bonds. The normalized spacial score (nSPS) is 12.6. The van der Waals surface area contributed by atoms with Crippen LogP contribution >= 0.6 is 8.58 Å². The molecule has 0 unspecified atom stereocenters. The molecule has 0 bridgehead atoms. The van der Waals surface area contributed by atoms with Gasteiger partial charge in [-0.15, -0.1) is 8.58 Å². The molecule has 10 heavy (non-hydrogen) atoms. The van der Waals surface area contributed by atoms with Crippen molar-refractivity contribution in [2.45, 2.75) is 51.9 Å². The summed E-state index contributed by atoms with van der Waals surface area (Å²) in [7, 11) is 1.05. The van der Waals surface area contributed by atoms with Crippen molar-refractivity contribution in [3.05, 3.63) is 0 Å². The van der Waals surface area contributed by atoms with Crippen molar-refractivity contribution in [2.75, 3.05) is 0 Å². The van der Waals surface area contributed by atoms with E-state index < -0.39 is 0 Å². The SMILES string of the molecule is CC(C)(C)PC(C)(C)C.[H-].[Li+]. The molecule has 58 valence electrons. The zero-order valence-electron chi connectivity index (χ0n) is 9.50. The van der Waals surface area contributed by atoms with E-state index in [0.717, 1.165) is 8.58 Å². The van der Waals surface area contributed by atoms with Crippen LogP contribution in [0.25, 0.3) is 0 Å². The fraction of sp³-hybridized carbons (Fsp3) is 1.00. The van der Waals surface area contributed by atoms with E-state index in [1.54, 1.807) is 0 Å². The maximum absolute atomic E-state index is 2.30. The van der Waals surface area contributed by atoms with E-state index in [4.69, 9.17) is 0 Å². The van der Waals surface area contributed by atoms with Crippen molar-refractivity contribution in [1.82, 2.24) is 0 Å². The summed E-state index contributed by atoms with van der Waals surface area (Å²) in [6, 6.07) is 0. The topological polar surface area (TPSA) is 0 Å². The predicted octanol–water partition coefficient (Wildman–Crippen LogP) is 0.378. The van der Waals surface area contributed by atoms with E-state index in [9.17, 15) is 0 Å². The first-order chi connectivity index (χ1) is 3.71. The van der Waals surface area contributed by atoms with Gasteiger partial charge >= 0.3 is 18.9 Å². The molecule has 0 fully saturated rings. The number of hydrogen-bond acceptors (Lipinski definition) is 0. The summed E-state index contributed by atoms with van der Waals surface area (Å²) in [5.41, 5.74) is 0. The Balaban J connectivity index is -0.000000320. The molecule has 0 aromatic rings. The monoisotopic (exact) mass is 154 g/mol. The second-order valence-electron chi connectivity index (χ2n) is 4.62. The van der Waals surface area contributed by atoms with Crippen LogP contribution in [0.1, 0.15) is 43.0 Å². The second-order valence-corrected chi connectivity index (χ2v) is 7.88. The zero-order valence-corrected chi connectivity index (χ0v) is 9.50. The predicted molar refractivity (Wildman–Crippen MR) is 48.9 cm³/mol. The molecule has 0 atom stereocenters. The standard InChI is InChI=1S/C8H19P.Li.H/c1-7(2,3)9-8(4,5)6;;/h9H,1-6H3;;/q;+1;-1. The van der Waals surface area contributed by atoms with Gasteiger partial charge in [0.1, 0.15) is 0 Å². The number of rotatable bonds is 0. The maximum atomic E-state index is 2.30. The first kappa shape index (κ1) is 13.6. The molecular weight excluding hydrogens is 134 g/mol. The molecule has 0 saturated carbocycles. The minimum Gasteiger partial charge on any atom is -1.00 e. The first-order valence-corrected chi connectivity index (χ1v) is 4.50. The van der Waals surface area contributed by atoms with Crippen LogP contribution in [-0.4, -0.2) is 10.3 Å². The maximum Gasteiger partial charge on any atom is 1.00 e. The van der Waals surface area contributed by atoms with Gasteiger partial charge in [0.2, 0.25) is 0 Å². The van der Waals surface area contributed by atoms with E-state index >= 15 is 0 Å². The van der Waals surface area contributed by atoms with Crippen molar-refractivity contribution in [3.63, 3.8) is 0 Å². The molecule has 0 heterocycles. The quantitative estimate of drug-likeness (QED) is 0.349. The Bertz CT molecular complexity index is 79.2. The Labute approximate surface area is 81.0 Å². The summed E-state index contributed by atoms with van der Waals surface area (Å²) in [6.45, 7) is 13.8. The average Bonchev–Trinajstić information content (AvgIpc) is 1.14. The van der Waals surface area contributed by atoms with E-state index in [0.29, 0.717) is 10.3 Å². The molecule has 0 N–H and O–H groups in total. The van der Waals surface area contributed by atoms with Crippen LogP contribution in [0.15, 0.2) is 0 Å². The summed E-state index contributed by atoms with van der Waals surface area (Å²) < 4.78 is 0. The Hall–Kier alpha value is 1.03. The van der Waals surface area contributed by atoms with E-state index in [2.05, 4.69) is 41.5 Å². The van der Waals surface area contributed by atoms with Gasteiger partial charge in [-0.05, 0) is 10.3 Å². The summed E-state index contributed by atoms with van der Waals surface area (Å²) in [6.07, 6.45) is 0. The molecule has 2 heteroatoms. The molecule has 0 nitrogen and oxygen atoms in total. The molecule has 0 saturated heterocycles. The minimum absolute atomic E-state index is 0. The van der Waals surface area contributed by atoms with Crippen LogP contribution in [0.4, 0.5) is 0 Å². The van der Waals surface area contributed by atoms with Gasteiger partial charge in [-0.25, -0.2) is 0 Å². The molecule has 0 aliphatic rings. The Morgan fingerprint density at radius 1 is 0.800 bits per heavy atom. The first-order valence-electron chi connectivity index (χ1n) is 3.50. The van der Waals surface area contributed by atoms with Crippen molar-refractivity contribution >= 4 is 8.58 Å². The molecule has 0 spiro atoms. The third kappa shape index (κ3) is 11.8. The fourth-order valence-electron chi connectivity index (χ4n) is 1.12. The second kappa shape index (κ2) is 4.15. The minimum atomic E-state index is 0. The smallest absolute Gasteiger partial charge is 1.00 e. The molecule has 0 aromatic heterocycles. The Morgan fingerprint density at radius 2 is 1.00 bits per heavy atom. The van der Waals surface area contributed by atoms with Crippen LogP contribution in [0.3, 0.4) is 0 Å². The number of hydrogen-bond donors (Lipinski definition) is 0. The molecule has 0 aromatic carbocycles. The van der Waals surface area contributed by atoms with Gasteiger partial charge in [0, 0.05) is 0 Å². The van der Waals surface area contributed by atoms with Crippen molar-refractivity contribution in [3.8, 4) is 0 Å². The summed E-state index contributed by atoms with van der Waals surface area (Å²) in [5.74, 6) is 0. The van der Waals surface area contributed by atoms with Gasteiger partial charge in [-0.3, -0.25) is 0 Å². The van der Waals surface area contributed by atoms with Crippen LogP contribution in [0, 0.1) is 0 Å². The zero-order chi connectivity index (χ0) is 7.71. The largest absolute Gasteiger partial charge is 1.00 e. The van der Waals surface area contributed by atoms with E-state index in [1.807, 2.05) is 0 Å². The molecule has 0 aliphatic carbocycles. The van der Waals surface area contributed by atoms with Gasteiger partial charge < -0.3 is 1.43 Å². The van der Waals surface area contributed by atoms with Gasteiger partial charge in [-0.2, -0.15) is 0 Å². The molecule has 0 radical (unpaired) electrons. The van der Waals surface area contributed by atoms with Crippen LogP contribution in [0.5, 0.6) is 0 Å². The van der Waals surface area contributed by atoms with Crippen LogP contribution < -0.4 is 18.9 Å². The molecular formula is C8H20LiP. The molecule has 0 aliphatic heterocycles. The fourth-order valence-corrected chi connectivity index (χ4v) is 3.38. The van der Waals surface area contributed by atoms with Gasteiger partial charge in [0.05, 0.1) is 0 Å². The third-order valence-electron chi connectivity index (χ3n) is 0.750. The van der Waals surface area contributed by atoms with Crippen molar-refractivity contribution in [1.29, 1.82) is 0 Å². The summed E-state index contributed by atoms with van der Waals surface area (Å²) in [5, 5.41) is 1.02. The van der Waals surface area contributed by atoms with Gasteiger partial charge in [-0.1, -0.05) is 41.5 Å².